The van der Waals surface area contributed by atoms with Gasteiger partial charge in [-0.15, -0.1) is 11.6 Å². The summed E-state index contributed by atoms with van der Waals surface area (Å²) in [7, 11) is 0. The van der Waals surface area contributed by atoms with Crippen molar-refractivity contribution < 1.29 is 0 Å². The Labute approximate surface area is 91.3 Å². The zero-order chi connectivity index (χ0) is 10.2. The number of benzene rings is 1. The summed E-state index contributed by atoms with van der Waals surface area (Å²) in [6.45, 7) is 2.21. The Balaban J connectivity index is 2.59. The number of halogens is 1. The lowest BCUT2D eigenvalue weighted by Crippen LogP contribution is -1.84. The van der Waals surface area contributed by atoms with Crippen molar-refractivity contribution in [3.8, 4) is 11.8 Å². The van der Waals surface area contributed by atoms with E-state index in [1.807, 2.05) is 0 Å². The fourth-order valence-electron chi connectivity index (χ4n) is 1.27. The third kappa shape index (κ3) is 3.85. The fourth-order valence-corrected chi connectivity index (χ4v) is 1.34. The molecule has 74 valence electrons. The van der Waals surface area contributed by atoms with E-state index in [-0.39, 0.29) is 0 Å². The Morgan fingerprint density at radius 2 is 1.93 bits per heavy atom. The average Bonchev–Trinajstić information content (AvgIpc) is 2.25. The van der Waals surface area contributed by atoms with Gasteiger partial charge in [0.15, 0.2) is 0 Å². The molecule has 0 aliphatic heterocycles. The van der Waals surface area contributed by atoms with Gasteiger partial charge in [-0.05, 0) is 30.5 Å². The van der Waals surface area contributed by atoms with Gasteiger partial charge in [0.25, 0.3) is 0 Å². The molecule has 0 fully saturated rings. The first-order chi connectivity index (χ1) is 6.86. The van der Waals surface area contributed by atoms with Crippen LogP contribution < -0.4 is 0 Å². The van der Waals surface area contributed by atoms with Gasteiger partial charge in [-0.2, -0.15) is 0 Å². The van der Waals surface area contributed by atoms with E-state index in [1.165, 1.54) is 24.8 Å². The van der Waals surface area contributed by atoms with Crippen LogP contribution >= 0.6 is 11.6 Å². The van der Waals surface area contributed by atoms with Crippen molar-refractivity contribution in [2.75, 3.05) is 5.88 Å². The SMILES string of the molecule is CCCCc1ccc(C#CCCl)cc1. The molecule has 0 atom stereocenters. The lowest BCUT2D eigenvalue weighted by Gasteiger charge is -1.98. The molecule has 1 rings (SSSR count). The van der Waals surface area contributed by atoms with E-state index in [0.717, 1.165) is 5.56 Å². The summed E-state index contributed by atoms with van der Waals surface area (Å²) in [6, 6.07) is 8.41. The van der Waals surface area contributed by atoms with Gasteiger partial charge >= 0.3 is 0 Å². The summed E-state index contributed by atoms with van der Waals surface area (Å²) in [6.07, 6.45) is 3.67. The summed E-state index contributed by atoms with van der Waals surface area (Å²) >= 11 is 5.48. The maximum Gasteiger partial charge on any atom is 0.0839 e. The average molecular weight is 207 g/mol. The van der Waals surface area contributed by atoms with Crippen LogP contribution in [0.3, 0.4) is 0 Å². The van der Waals surface area contributed by atoms with Gasteiger partial charge in [0.05, 0.1) is 5.88 Å². The predicted octanol–water partition coefficient (Wildman–Crippen LogP) is 3.62. The summed E-state index contributed by atoms with van der Waals surface area (Å²) < 4.78 is 0. The molecule has 0 radical (unpaired) electrons. The van der Waals surface area contributed by atoms with E-state index in [0.29, 0.717) is 5.88 Å². The Hall–Kier alpha value is -0.930. The van der Waals surface area contributed by atoms with Gasteiger partial charge in [0.2, 0.25) is 0 Å². The Kier molecular flexibility index (Phi) is 5.19. The number of alkyl halides is 1. The van der Waals surface area contributed by atoms with Crippen LogP contribution in [-0.4, -0.2) is 5.88 Å². The number of hydrogen-bond donors (Lipinski definition) is 0. The standard InChI is InChI=1S/C13H15Cl/c1-2-3-5-12-7-9-13(10-8-12)6-4-11-14/h7-10H,2-3,5,11H2,1H3. The molecule has 0 saturated carbocycles. The molecule has 0 aromatic heterocycles. The number of rotatable bonds is 3. The maximum atomic E-state index is 5.48. The van der Waals surface area contributed by atoms with Crippen molar-refractivity contribution in [1.82, 2.24) is 0 Å². The van der Waals surface area contributed by atoms with E-state index in [4.69, 9.17) is 11.6 Å². The lowest BCUT2D eigenvalue weighted by molar-refractivity contribution is 0.795. The molecule has 0 unspecified atom stereocenters. The van der Waals surface area contributed by atoms with Crippen LogP contribution in [0.1, 0.15) is 30.9 Å². The second-order valence-corrected chi connectivity index (χ2v) is 3.50. The van der Waals surface area contributed by atoms with Gasteiger partial charge in [0, 0.05) is 5.56 Å². The summed E-state index contributed by atoms with van der Waals surface area (Å²) in [5.41, 5.74) is 2.44. The number of unbranched alkanes of at least 4 members (excludes halogenated alkanes) is 1. The quantitative estimate of drug-likeness (QED) is 0.524. The van der Waals surface area contributed by atoms with E-state index in [9.17, 15) is 0 Å². The van der Waals surface area contributed by atoms with Crippen LogP contribution in [-0.2, 0) is 6.42 Å². The third-order valence-corrected chi connectivity index (χ3v) is 2.21. The highest BCUT2D eigenvalue weighted by Gasteiger charge is 1.91. The first-order valence-corrected chi connectivity index (χ1v) is 5.54. The Morgan fingerprint density at radius 1 is 1.21 bits per heavy atom. The molecule has 0 nitrogen and oxygen atoms in total. The molecule has 0 N–H and O–H groups in total. The first-order valence-electron chi connectivity index (χ1n) is 5.00. The lowest BCUT2D eigenvalue weighted by atomic mass is 10.1. The Bertz CT molecular complexity index is 313. The highest BCUT2D eigenvalue weighted by Crippen LogP contribution is 2.06. The molecule has 1 aromatic carbocycles. The summed E-state index contributed by atoms with van der Waals surface area (Å²) in [5, 5.41) is 0. The molecule has 1 aromatic rings. The van der Waals surface area contributed by atoms with Gasteiger partial charge in [-0.3, -0.25) is 0 Å². The zero-order valence-corrected chi connectivity index (χ0v) is 9.27. The molecule has 0 heterocycles. The van der Waals surface area contributed by atoms with Crippen molar-refractivity contribution in [2.24, 2.45) is 0 Å². The van der Waals surface area contributed by atoms with Crippen molar-refractivity contribution >= 4 is 11.6 Å². The van der Waals surface area contributed by atoms with Crippen LogP contribution in [0, 0.1) is 11.8 Å². The molecule has 0 bridgehead atoms. The minimum Gasteiger partial charge on any atom is -0.113 e. The fraction of sp³-hybridized carbons (Fsp3) is 0.385. The van der Waals surface area contributed by atoms with E-state index in [1.54, 1.807) is 0 Å². The molecule has 1 heteroatoms. The third-order valence-electron chi connectivity index (χ3n) is 2.07. The molecule has 0 amide bonds. The molecule has 14 heavy (non-hydrogen) atoms. The second kappa shape index (κ2) is 6.51. The minimum atomic E-state index is 0.400. The predicted molar refractivity (Wildman–Crippen MR) is 62.7 cm³/mol. The van der Waals surface area contributed by atoms with Gasteiger partial charge in [-0.25, -0.2) is 0 Å². The van der Waals surface area contributed by atoms with Crippen LogP contribution in [0.15, 0.2) is 24.3 Å². The topological polar surface area (TPSA) is 0 Å². The van der Waals surface area contributed by atoms with Crippen molar-refractivity contribution in [1.29, 1.82) is 0 Å². The molecule has 0 aliphatic rings. The molecule has 0 saturated heterocycles. The van der Waals surface area contributed by atoms with Crippen molar-refractivity contribution in [3.63, 3.8) is 0 Å². The van der Waals surface area contributed by atoms with Crippen LogP contribution in [0.5, 0.6) is 0 Å². The molecule has 0 aliphatic carbocycles. The van der Waals surface area contributed by atoms with Gasteiger partial charge < -0.3 is 0 Å². The van der Waals surface area contributed by atoms with E-state index >= 15 is 0 Å². The maximum absolute atomic E-state index is 5.48. The largest absolute Gasteiger partial charge is 0.113 e. The second-order valence-electron chi connectivity index (χ2n) is 3.24. The normalized spacial score (nSPS) is 9.29. The number of aryl methyl sites for hydroxylation is 1. The smallest absolute Gasteiger partial charge is 0.0839 e. The van der Waals surface area contributed by atoms with Crippen LogP contribution in [0.4, 0.5) is 0 Å². The highest BCUT2D eigenvalue weighted by molar-refractivity contribution is 6.19. The summed E-state index contributed by atoms with van der Waals surface area (Å²) in [5.74, 6) is 6.24. The Morgan fingerprint density at radius 3 is 2.50 bits per heavy atom. The molecular formula is C13H15Cl. The molecular weight excluding hydrogens is 192 g/mol. The van der Waals surface area contributed by atoms with Crippen molar-refractivity contribution in [2.45, 2.75) is 26.2 Å². The van der Waals surface area contributed by atoms with Crippen LogP contribution in [0.25, 0.3) is 0 Å². The highest BCUT2D eigenvalue weighted by atomic mass is 35.5. The summed E-state index contributed by atoms with van der Waals surface area (Å²) in [4.78, 5) is 0. The van der Waals surface area contributed by atoms with Crippen molar-refractivity contribution in [3.05, 3.63) is 35.4 Å². The zero-order valence-electron chi connectivity index (χ0n) is 8.52. The number of hydrogen-bond acceptors (Lipinski definition) is 0. The van der Waals surface area contributed by atoms with Gasteiger partial charge in [-0.1, -0.05) is 37.3 Å². The first kappa shape index (κ1) is 11.1. The molecule has 0 spiro atoms. The minimum absolute atomic E-state index is 0.400. The van der Waals surface area contributed by atoms with Crippen LogP contribution in [0.2, 0.25) is 0 Å². The van der Waals surface area contributed by atoms with E-state index < -0.39 is 0 Å². The van der Waals surface area contributed by atoms with Gasteiger partial charge in [0.1, 0.15) is 0 Å². The van der Waals surface area contributed by atoms with E-state index in [2.05, 4.69) is 43.0 Å². The monoisotopic (exact) mass is 206 g/mol.